The Morgan fingerprint density at radius 1 is 1.00 bits per heavy atom. The van der Waals surface area contributed by atoms with Gasteiger partial charge in [0.05, 0.1) is 16.7 Å². The van der Waals surface area contributed by atoms with Crippen LogP contribution in [-0.2, 0) is 6.61 Å². The molecule has 0 fully saturated rings. The van der Waals surface area contributed by atoms with E-state index >= 15 is 0 Å². The predicted molar refractivity (Wildman–Crippen MR) is 130 cm³/mol. The third kappa shape index (κ3) is 4.29. The molecular formula is C26H18ClN3O4. The number of rotatable bonds is 5. The highest BCUT2D eigenvalue weighted by atomic mass is 35.5. The fourth-order valence-electron chi connectivity index (χ4n) is 3.61. The van der Waals surface area contributed by atoms with E-state index in [2.05, 4.69) is 9.98 Å². The lowest BCUT2D eigenvalue weighted by Crippen LogP contribution is -2.30. The molecule has 1 aliphatic heterocycles. The lowest BCUT2D eigenvalue weighted by atomic mass is 10.2. The van der Waals surface area contributed by atoms with Gasteiger partial charge in [0.2, 0.25) is 5.88 Å². The number of para-hydroxylation sites is 1. The van der Waals surface area contributed by atoms with Gasteiger partial charge in [-0.05, 0) is 60.2 Å². The first-order valence-electron chi connectivity index (χ1n) is 10.4. The summed E-state index contributed by atoms with van der Waals surface area (Å²) in [5.41, 5.74) is 0.303. The van der Waals surface area contributed by atoms with Crippen LogP contribution in [0, 0.1) is 0 Å². The Balaban J connectivity index is 1.44. The lowest BCUT2D eigenvalue weighted by Gasteiger charge is -2.11. The maximum Gasteiger partial charge on any atom is 0.335 e. The molecule has 0 spiro atoms. The second kappa shape index (κ2) is 8.88. The molecule has 0 radical (unpaired) electrons. The molecule has 2 N–H and O–H groups in total. The van der Waals surface area contributed by atoms with E-state index in [0.29, 0.717) is 28.8 Å². The van der Waals surface area contributed by atoms with Crippen LogP contribution >= 0.6 is 11.6 Å². The highest BCUT2D eigenvalue weighted by Crippen LogP contribution is 2.22. The molecule has 4 aromatic rings. The maximum absolute atomic E-state index is 12.5. The second-order valence-corrected chi connectivity index (χ2v) is 8.06. The summed E-state index contributed by atoms with van der Waals surface area (Å²) in [7, 11) is 0. The van der Waals surface area contributed by atoms with Crippen LogP contribution in [0.5, 0.6) is 11.6 Å². The Morgan fingerprint density at radius 3 is 2.47 bits per heavy atom. The van der Waals surface area contributed by atoms with Crippen LogP contribution in [0.4, 0.5) is 0 Å². The van der Waals surface area contributed by atoms with Crippen LogP contribution in [0.15, 0.2) is 93.1 Å². The first-order chi connectivity index (χ1) is 16.5. The topological polar surface area (TPSA) is 96.7 Å². The molecule has 1 aliphatic rings. The van der Waals surface area contributed by atoms with Gasteiger partial charge in [-0.1, -0.05) is 41.9 Å². The number of benzene rings is 3. The fraction of sp³-hybridized carbons (Fsp3) is 0.0385. The van der Waals surface area contributed by atoms with Crippen molar-refractivity contribution in [2.75, 3.05) is 0 Å². The van der Waals surface area contributed by atoms with Crippen LogP contribution in [-0.4, -0.2) is 14.7 Å². The van der Waals surface area contributed by atoms with Gasteiger partial charge in [0.25, 0.3) is 5.56 Å². The summed E-state index contributed by atoms with van der Waals surface area (Å²) < 4.78 is 6.80. The van der Waals surface area contributed by atoms with Crippen LogP contribution in [0.2, 0.25) is 5.02 Å². The number of H-pyrrole nitrogens is 1. The average molecular weight is 472 g/mol. The molecule has 0 aliphatic carbocycles. The molecule has 0 saturated heterocycles. The number of aromatic amines is 1. The summed E-state index contributed by atoms with van der Waals surface area (Å²) in [4.78, 5) is 31.7. The van der Waals surface area contributed by atoms with Crippen LogP contribution in [0.1, 0.15) is 11.1 Å². The summed E-state index contributed by atoms with van der Waals surface area (Å²) in [5, 5.41) is 13.2. The van der Waals surface area contributed by atoms with Crippen molar-refractivity contribution in [1.82, 2.24) is 9.55 Å². The zero-order valence-electron chi connectivity index (χ0n) is 17.7. The Labute approximate surface area is 198 Å². The monoisotopic (exact) mass is 471 g/mol. The van der Waals surface area contributed by atoms with Gasteiger partial charge in [-0.25, -0.2) is 14.4 Å². The Morgan fingerprint density at radius 2 is 1.74 bits per heavy atom. The predicted octanol–water partition coefficient (Wildman–Crippen LogP) is 2.92. The summed E-state index contributed by atoms with van der Waals surface area (Å²) in [6.45, 7) is 0.348. The fourth-order valence-corrected chi connectivity index (χ4v) is 3.74. The Kier molecular flexibility index (Phi) is 5.61. The van der Waals surface area contributed by atoms with E-state index in [1.54, 1.807) is 42.5 Å². The molecule has 2 heterocycles. The number of fused-ring (bicyclic) bond motifs is 1. The normalized spacial score (nSPS) is 13.3. The molecule has 0 amide bonds. The van der Waals surface area contributed by atoms with E-state index in [1.165, 1.54) is 6.08 Å². The number of nitrogens with zero attached hydrogens (tertiary/aromatic N) is 2. The van der Waals surface area contributed by atoms with Crippen molar-refractivity contribution >= 4 is 23.8 Å². The number of ether oxygens (including phenoxy) is 1. The van der Waals surface area contributed by atoms with E-state index < -0.39 is 17.1 Å². The van der Waals surface area contributed by atoms with Gasteiger partial charge in [0.1, 0.15) is 17.9 Å². The molecule has 34 heavy (non-hydrogen) atoms. The van der Waals surface area contributed by atoms with Crippen LogP contribution in [0.25, 0.3) is 17.8 Å². The highest BCUT2D eigenvalue weighted by molar-refractivity contribution is 6.30. The van der Waals surface area contributed by atoms with Gasteiger partial charge in [-0.2, -0.15) is 0 Å². The molecule has 3 aromatic carbocycles. The standard InChI is InChI=1S/C26H18ClN3O4/c27-18-7-5-16(6-8-18)15-34-21-11-9-20(10-12-21)30-25(32)22(24(31)29-26(30)33)14-19-13-17-3-1-2-4-23(17)28-19/h1-14,32H,15H2,(H,29,31,33). The molecule has 1 aromatic heterocycles. The largest absolute Gasteiger partial charge is 0.494 e. The molecule has 5 rings (SSSR count). The van der Waals surface area contributed by atoms with Crippen molar-refractivity contribution in [2.24, 2.45) is 4.99 Å². The third-order valence-electron chi connectivity index (χ3n) is 5.32. The van der Waals surface area contributed by atoms with Gasteiger partial charge >= 0.3 is 5.69 Å². The van der Waals surface area contributed by atoms with Crippen molar-refractivity contribution in [3.05, 3.63) is 126 Å². The van der Waals surface area contributed by atoms with E-state index in [1.807, 2.05) is 36.4 Å². The quantitative estimate of drug-likeness (QED) is 0.467. The Hall–Kier alpha value is -4.36. The molecule has 168 valence electrons. The molecule has 0 saturated carbocycles. The van der Waals surface area contributed by atoms with Gasteiger partial charge in [-0.15, -0.1) is 0 Å². The van der Waals surface area contributed by atoms with Crippen LogP contribution < -0.4 is 26.6 Å². The number of aromatic nitrogens is 2. The summed E-state index contributed by atoms with van der Waals surface area (Å²) in [6, 6.07) is 21.4. The summed E-state index contributed by atoms with van der Waals surface area (Å²) in [5.74, 6) is 0.103. The van der Waals surface area contributed by atoms with Gasteiger partial charge in [-0.3, -0.25) is 9.78 Å². The lowest BCUT2D eigenvalue weighted by molar-refractivity contribution is 0.306. The maximum atomic E-state index is 12.5. The minimum Gasteiger partial charge on any atom is -0.494 e. The van der Waals surface area contributed by atoms with Crippen molar-refractivity contribution in [1.29, 1.82) is 0 Å². The number of nitrogens with one attached hydrogen (secondary N) is 1. The number of hydrogen-bond acceptors (Lipinski definition) is 5. The number of halogens is 1. The zero-order valence-corrected chi connectivity index (χ0v) is 18.5. The molecule has 0 unspecified atom stereocenters. The van der Waals surface area contributed by atoms with Gasteiger partial charge in [0.15, 0.2) is 0 Å². The van der Waals surface area contributed by atoms with Crippen molar-refractivity contribution in [3.8, 4) is 17.3 Å². The number of aromatic hydroxyl groups is 1. The molecule has 7 nitrogen and oxygen atoms in total. The number of allylic oxidation sites excluding steroid dienone is 1. The minimum atomic E-state index is -0.755. The first-order valence-corrected chi connectivity index (χ1v) is 10.8. The van der Waals surface area contributed by atoms with Crippen molar-refractivity contribution < 1.29 is 9.84 Å². The van der Waals surface area contributed by atoms with Gasteiger partial charge < -0.3 is 9.84 Å². The van der Waals surface area contributed by atoms with Gasteiger partial charge in [0, 0.05) is 10.2 Å². The molecule has 0 atom stereocenters. The van der Waals surface area contributed by atoms with Crippen molar-refractivity contribution in [2.45, 2.75) is 6.61 Å². The van der Waals surface area contributed by atoms with E-state index in [0.717, 1.165) is 20.7 Å². The first kappa shape index (κ1) is 21.5. The Bertz CT molecular complexity index is 1610. The highest BCUT2D eigenvalue weighted by Gasteiger charge is 2.15. The smallest absolute Gasteiger partial charge is 0.335 e. The summed E-state index contributed by atoms with van der Waals surface area (Å²) in [6.07, 6.45) is 3.25. The van der Waals surface area contributed by atoms with E-state index in [9.17, 15) is 14.7 Å². The molecule has 8 heteroatoms. The van der Waals surface area contributed by atoms with E-state index in [-0.39, 0.29) is 5.56 Å². The summed E-state index contributed by atoms with van der Waals surface area (Å²) >= 11 is 5.90. The average Bonchev–Trinajstić information content (AvgIpc) is 3.25. The van der Waals surface area contributed by atoms with E-state index in [4.69, 9.17) is 16.3 Å². The number of hydrogen-bond donors (Lipinski definition) is 2. The zero-order chi connectivity index (χ0) is 23.7. The molecular weight excluding hydrogens is 454 g/mol. The SMILES string of the molecule is O=c1[nH]c(=O)n(-c2ccc(OCc3ccc(Cl)cc3)cc2)c(O)c1C=C1C=c2ccccc2=N1. The van der Waals surface area contributed by atoms with Crippen molar-refractivity contribution in [3.63, 3.8) is 0 Å². The molecule has 0 bridgehead atoms. The third-order valence-corrected chi connectivity index (χ3v) is 5.57. The second-order valence-electron chi connectivity index (χ2n) is 7.63. The van der Waals surface area contributed by atoms with Crippen LogP contribution in [0.3, 0.4) is 0 Å². The minimum absolute atomic E-state index is 0.0644.